The summed E-state index contributed by atoms with van der Waals surface area (Å²) in [6.45, 7) is 8.45. The molecule has 3 aromatic rings. The molecule has 0 radical (unpaired) electrons. The summed E-state index contributed by atoms with van der Waals surface area (Å²) in [4.78, 5) is 18.5. The molecule has 31 heavy (non-hydrogen) atoms. The molecule has 0 bridgehead atoms. The van der Waals surface area contributed by atoms with Crippen molar-refractivity contribution in [3.05, 3.63) is 68.6 Å². The second-order valence-electron chi connectivity index (χ2n) is 7.95. The molecule has 164 valence electrons. The summed E-state index contributed by atoms with van der Waals surface area (Å²) in [5, 5.41) is 7.73. The fraction of sp³-hybridized carbons (Fsp3) is 0.417. The van der Waals surface area contributed by atoms with Gasteiger partial charge in [-0.1, -0.05) is 30.7 Å². The molecule has 0 aliphatic carbocycles. The fourth-order valence-corrected chi connectivity index (χ4v) is 5.11. The highest BCUT2D eigenvalue weighted by Crippen LogP contribution is 2.27. The van der Waals surface area contributed by atoms with E-state index in [1.165, 1.54) is 11.3 Å². The summed E-state index contributed by atoms with van der Waals surface area (Å²) in [6.07, 6.45) is 2.53. The Kier molecular flexibility index (Phi) is 7.10. The number of hydrogen-bond acceptors (Lipinski definition) is 4. The van der Waals surface area contributed by atoms with Gasteiger partial charge >= 0.3 is 0 Å². The number of rotatable bonds is 8. The number of fused-ring (bicyclic) bond motifs is 1. The smallest absolute Gasteiger partial charge is 0.228 e. The van der Waals surface area contributed by atoms with Crippen LogP contribution in [0.4, 0.5) is 0 Å². The van der Waals surface area contributed by atoms with E-state index in [0.29, 0.717) is 24.5 Å². The fourth-order valence-electron chi connectivity index (χ4n) is 4.23. The third kappa shape index (κ3) is 5.03. The monoisotopic (exact) mass is 456 g/mol. The Bertz CT molecular complexity index is 1030. The molecule has 5 nitrogen and oxygen atoms in total. The molecular formula is C24H29ClN4OS. The first-order valence-electron chi connectivity index (χ1n) is 11.0. The summed E-state index contributed by atoms with van der Waals surface area (Å²) in [5.41, 5.74) is 4.48. The number of benzene rings is 1. The molecular weight excluding hydrogens is 428 g/mol. The lowest BCUT2D eigenvalue weighted by Gasteiger charge is -2.28. The highest BCUT2D eigenvalue weighted by molar-refractivity contribution is 7.10. The van der Waals surface area contributed by atoms with Gasteiger partial charge < -0.3 is 4.90 Å². The lowest BCUT2D eigenvalue weighted by Crippen LogP contribution is -2.34. The summed E-state index contributed by atoms with van der Waals surface area (Å²) in [7, 11) is 0. The number of thiophene rings is 1. The zero-order valence-corrected chi connectivity index (χ0v) is 19.8. The van der Waals surface area contributed by atoms with Crippen LogP contribution in [0.15, 0.2) is 41.8 Å². The van der Waals surface area contributed by atoms with E-state index in [4.69, 9.17) is 16.7 Å². The molecule has 0 unspecified atom stereocenters. The maximum atomic E-state index is 13.0. The average molecular weight is 457 g/mol. The molecule has 0 saturated heterocycles. The Hall–Kier alpha value is -2.15. The number of carbonyl (C=O) groups is 1. The molecule has 4 rings (SSSR count). The zero-order chi connectivity index (χ0) is 21.8. The molecule has 1 amide bonds. The molecule has 0 N–H and O–H groups in total. The van der Waals surface area contributed by atoms with Crippen LogP contribution in [-0.4, -0.2) is 45.1 Å². The van der Waals surface area contributed by atoms with Crippen LogP contribution >= 0.6 is 22.9 Å². The average Bonchev–Trinajstić information content (AvgIpc) is 3.40. The molecule has 7 heteroatoms. The van der Waals surface area contributed by atoms with Crippen LogP contribution in [-0.2, 0) is 30.7 Å². The van der Waals surface area contributed by atoms with Crippen molar-refractivity contribution in [2.45, 2.75) is 46.2 Å². The van der Waals surface area contributed by atoms with Crippen molar-refractivity contribution in [1.29, 1.82) is 0 Å². The van der Waals surface area contributed by atoms with E-state index in [9.17, 15) is 4.79 Å². The Morgan fingerprint density at radius 3 is 2.84 bits per heavy atom. The van der Waals surface area contributed by atoms with Crippen LogP contribution in [0, 0.1) is 0 Å². The Labute approximate surface area is 193 Å². The maximum Gasteiger partial charge on any atom is 0.228 e. The van der Waals surface area contributed by atoms with Gasteiger partial charge in [-0.2, -0.15) is 5.10 Å². The summed E-state index contributed by atoms with van der Waals surface area (Å²) in [5.74, 6) is 0.150. The molecule has 1 aliphatic rings. The molecule has 1 aliphatic heterocycles. The number of hydrogen-bond donors (Lipinski definition) is 0. The van der Waals surface area contributed by atoms with Crippen LogP contribution in [0.5, 0.6) is 0 Å². The van der Waals surface area contributed by atoms with Gasteiger partial charge in [0.15, 0.2) is 0 Å². The standard InChI is InChI=1S/C24H29ClN4OS/c1-3-11-27-12-10-23-21(16-27)22(26-29(23)19-8-5-7-18(25)14-19)17-28(4-2)24(30)15-20-9-6-13-31-20/h5-9,13-14H,3-4,10-12,15-17H2,1-2H3. The predicted molar refractivity (Wildman–Crippen MR) is 127 cm³/mol. The van der Waals surface area contributed by atoms with Crippen molar-refractivity contribution in [2.75, 3.05) is 19.6 Å². The normalized spacial score (nSPS) is 13.9. The van der Waals surface area contributed by atoms with E-state index in [2.05, 4.69) is 11.8 Å². The van der Waals surface area contributed by atoms with Gasteiger partial charge in [0.1, 0.15) is 0 Å². The van der Waals surface area contributed by atoms with Crippen molar-refractivity contribution in [2.24, 2.45) is 0 Å². The minimum Gasteiger partial charge on any atom is -0.337 e. The lowest BCUT2D eigenvalue weighted by atomic mass is 10.0. The molecule has 0 spiro atoms. The quantitative estimate of drug-likeness (QED) is 0.481. The van der Waals surface area contributed by atoms with Gasteiger partial charge in [0, 0.05) is 41.5 Å². The van der Waals surface area contributed by atoms with E-state index < -0.39 is 0 Å². The number of likely N-dealkylation sites (N-methyl/N-ethyl adjacent to an activating group) is 1. The van der Waals surface area contributed by atoms with Gasteiger partial charge in [-0.15, -0.1) is 11.3 Å². The van der Waals surface area contributed by atoms with Crippen LogP contribution in [0.2, 0.25) is 5.02 Å². The number of halogens is 1. The highest BCUT2D eigenvalue weighted by Gasteiger charge is 2.27. The van der Waals surface area contributed by atoms with E-state index in [0.717, 1.165) is 48.7 Å². The van der Waals surface area contributed by atoms with Gasteiger partial charge in [-0.05, 0) is 49.5 Å². The van der Waals surface area contributed by atoms with Gasteiger partial charge in [0.2, 0.25) is 5.91 Å². The maximum absolute atomic E-state index is 13.0. The van der Waals surface area contributed by atoms with Crippen molar-refractivity contribution in [3.63, 3.8) is 0 Å². The van der Waals surface area contributed by atoms with Crippen LogP contribution in [0.3, 0.4) is 0 Å². The molecule has 0 fully saturated rings. The molecule has 3 heterocycles. The Morgan fingerprint density at radius 1 is 1.26 bits per heavy atom. The first-order chi connectivity index (χ1) is 15.1. The molecule has 1 aromatic carbocycles. The van der Waals surface area contributed by atoms with E-state index in [-0.39, 0.29) is 5.91 Å². The summed E-state index contributed by atoms with van der Waals surface area (Å²) < 4.78 is 2.04. The lowest BCUT2D eigenvalue weighted by molar-refractivity contribution is -0.130. The van der Waals surface area contributed by atoms with Crippen molar-refractivity contribution >= 4 is 28.8 Å². The summed E-state index contributed by atoms with van der Waals surface area (Å²) in [6, 6.07) is 11.9. The van der Waals surface area contributed by atoms with E-state index in [1.54, 1.807) is 11.3 Å². The second-order valence-corrected chi connectivity index (χ2v) is 9.42. The number of carbonyl (C=O) groups excluding carboxylic acids is 1. The minimum absolute atomic E-state index is 0.150. The Morgan fingerprint density at radius 2 is 2.13 bits per heavy atom. The SMILES string of the molecule is CCCN1CCc2c(c(CN(CC)C(=O)Cc3cccs3)nn2-c2cccc(Cl)c2)C1. The predicted octanol–water partition coefficient (Wildman–Crippen LogP) is 4.95. The van der Waals surface area contributed by atoms with Gasteiger partial charge in [-0.25, -0.2) is 4.68 Å². The number of amides is 1. The highest BCUT2D eigenvalue weighted by atomic mass is 35.5. The van der Waals surface area contributed by atoms with Gasteiger partial charge in [0.05, 0.1) is 30.0 Å². The minimum atomic E-state index is 0.150. The van der Waals surface area contributed by atoms with Crippen molar-refractivity contribution < 1.29 is 4.79 Å². The molecule has 2 aromatic heterocycles. The van der Waals surface area contributed by atoms with Crippen LogP contribution in [0.1, 0.15) is 42.1 Å². The first-order valence-corrected chi connectivity index (χ1v) is 12.2. The first kappa shape index (κ1) is 22.1. The van der Waals surface area contributed by atoms with Gasteiger partial charge in [0.25, 0.3) is 0 Å². The van der Waals surface area contributed by atoms with Crippen molar-refractivity contribution in [1.82, 2.24) is 19.6 Å². The number of aromatic nitrogens is 2. The van der Waals surface area contributed by atoms with Crippen LogP contribution < -0.4 is 0 Å². The summed E-state index contributed by atoms with van der Waals surface area (Å²) >= 11 is 7.89. The largest absolute Gasteiger partial charge is 0.337 e. The Balaban J connectivity index is 1.65. The molecule has 0 atom stereocenters. The second kappa shape index (κ2) is 9.98. The van der Waals surface area contributed by atoms with Crippen LogP contribution in [0.25, 0.3) is 5.69 Å². The van der Waals surface area contributed by atoms with E-state index in [1.807, 2.05) is 58.3 Å². The third-order valence-electron chi connectivity index (χ3n) is 5.79. The van der Waals surface area contributed by atoms with Gasteiger partial charge in [-0.3, -0.25) is 9.69 Å². The zero-order valence-electron chi connectivity index (χ0n) is 18.2. The van der Waals surface area contributed by atoms with Crippen molar-refractivity contribution in [3.8, 4) is 5.69 Å². The topological polar surface area (TPSA) is 41.4 Å². The van der Waals surface area contributed by atoms with E-state index >= 15 is 0 Å². The number of nitrogens with zero attached hydrogens (tertiary/aromatic N) is 4. The third-order valence-corrected chi connectivity index (χ3v) is 6.90. The molecule has 0 saturated carbocycles.